The molecule has 3 N–H and O–H groups in total. The number of nitrogens with two attached hydrogens (primary N) is 1. The number of benzene rings is 2. The summed E-state index contributed by atoms with van der Waals surface area (Å²) < 4.78 is 14.2. The van der Waals surface area contributed by atoms with Crippen molar-refractivity contribution in [1.29, 1.82) is 0 Å². The van der Waals surface area contributed by atoms with Crippen molar-refractivity contribution in [1.82, 2.24) is 4.98 Å². The Bertz CT molecular complexity index is 849. The van der Waals surface area contributed by atoms with Crippen LogP contribution in [0.3, 0.4) is 0 Å². The molecule has 0 saturated carbocycles. The summed E-state index contributed by atoms with van der Waals surface area (Å²) in [4.78, 5) is 5.35. The number of nitrogens with one attached hydrogen (secondary N) is 1. The van der Waals surface area contributed by atoms with Crippen LogP contribution in [0.15, 0.2) is 47.5 Å². The van der Waals surface area contributed by atoms with Crippen molar-refractivity contribution in [3.63, 3.8) is 0 Å². The number of rotatable bonds is 3. The summed E-state index contributed by atoms with van der Waals surface area (Å²) in [6.45, 7) is 1.74. The number of pyridine rings is 1. The van der Waals surface area contributed by atoms with E-state index in [9.17, 15) is 4.39 Å². The van der Waals surface area contributed by atoms with Crippen molar-refractivity contribution in [3.8, 4) is 0 Å². The quantitative estimate of drug-likeness (QED) is 0.542. The zero-order valence-corrected chi connectivity index (χ0v) is 13.2. The summed E-state index contributed by atoms with van der Waals surface area (Å²) in [5, 5.41) is 4.86. The Morgan fingerprint density at radius 1 is 1.14 bits per heavy atom. The number of hydrogen-bond acceptors (Lipinski definition) is 4. The lowest BCUT2D eigenvalue weighted by Gasteiger charge is -2.13. The van der Waals surface area contributed by atoms with Gasteiger partial charge in [0.1, 0.15) is 11.6 Å². The molecule has 5 heteroatoms. The van der Waals surface area contributed by atoms with Crippen molar-refractivity contribution >= 4 is 39.7 Å². The fourth-order valence-corrected chi connectivity index (χ4v) is 2.94. The molecule has 0 saturated heterocycles. The Labute approximate surface area is 132 Å². The fraction of sp³-hybridized carbons (Fsp3) is 0.118. The first-order valence-corrected chi connectivity index (χ1v) is 8.07. The maximum atomic E-state index is 14.2. The molecule has 0 atom stereocenters. The van der Waals surface area contributed by atoms with Crippen LogP contribution in [0.4, 0.5) is 21.6 Å². The van der Waals surface area contributed by atoms with E-state index >= 15 is 0 Å². The Hall–Kier alpha value is -2.27. The van der Waals surface area contributed by atoms with Crippen LogP contribution in [0.25, 0.3) is 10.8 Å². The lowest BCUT2D eigenvalue weighted by atomic mass is 10.1. The third-order valence-electron chi connectivity index (χ3n) is 3.61. The third kappa shape index (κ3) is 2.48. The number of hydrogen-bond donors (Lipinski definition) is 2. The molecule has 112 valence electrons. The molecule has 0 amide bonds. The van der Waals surface area contributed by atoms with Gasteiger partial charge in [0.2, 0.25) is 0 Å². The summed E-state index contributed by atoms with van der Waals surface area (Å²) in [6, 6.07) is 11.0. The normalized spacial score (nSPS) is 10.9. The average molecular weight is 313 g/mol. The second-order valence-electron chi connectivity index (χ2n) is 5.00. The molecule has 1 heterocycles. The van der Waals surface area contributed by atoms with Gasteiger partial charge < -0.3 is 11.1 Å². The molecular formula is C17H16FN3S. The molecule has 0 radical (unpaired) electrons. The average Bonchev–Trinajstić information content (AvgIpc) is 2.53. The van der Waals surface area contributed by atoms with Crippen molar-refractivity contribution in [2.75, 3.05) is 17.3 Å². The number of halogens is 1. The van der Waals surface area contributed by atoms with Gasteiger partial charge in [0.05, 0.1) is 11.4 Å². The maximum Gasteiger partial charge on any atom is 0.149 e. The summed E-state index contributed by atoms with van der Waals surface area (Å²) in [7, 11) is 0. The molecule has 0 aliphatic heterocycles. The smallest absolute Gasteiger partial charge is 0.149 e. The van der Waals surface area contributed by atoms with Crippen molar-refractivity contribution in [2.45, 2.75) is 11.8 Å². The molecule has 0 aliphatic rings. The molecule has 3 rings (SSSR count). The van der Waals surface area contributed by atoms with Gasteiger partial charge in [0, 0.05) is 21.9 Å². The lowest BCUT2D eigenvalue weighted by Crippen LogP contribution is -1.99. The van der Waals surface area contributed by atoms with E-state index in [4.69, 9.17) is 5.73 Å². The van der Waals surface area contributed by atoms with Crippen LogP contribution < -0.4 is 11.1 Å². The number of fused-ring (bicyclic) bond motifs is 1. The van der Waals surface area contributed by atoms with Gasteiger partial charge in [-0.1, -0.05) is 12.1 Å². The highest BCUT2D eigenvalue weighted by molar-refractivity contribution is 7.98. The van der Waals surface area contributed by atoms with E-state index in [0.29, 0.717) is 17.1 Å². The van der Waals surface area contributed by atoms with Gasteiger partial charge in [0.15, 0.2) is 0 Å². The Balaban J connectivity index is 2.12. The van der Waals surface area contributed by atoms with Gasteiger partial charge in [0.25, 0.3) is 0 Å². The number of aryl methyl sites for hydroxylation is 1. The number of nitrogen functional groups attached to an aromatic ring is 1. The van der Waals surface area contributed by atoms with Gasteiger partial charge in [-0.25, -0.2) is 9.37 Å². The molecular weight excluding hydrogens is 297 g/mol. The maximum absolute atomic E-state index is 14.2. The van der Waals surface area contributed by atoms with Gasteiger partial charge in [-0.3, -0.25) is 0 Å². The monoisotopic (exact) mass is 313 g/mol. The highest BCUT2D eigenvalue weighted by atomic mass is 32.2. The number of thioether (sulfide) groups is 1. The molecule has 3 nitrogen and oxygen atoms in total. The van der Waals surface area contributed by atoms with E-state index in [0.717, 1.165) is 21.4 Å². The van der Waals surface area contributed by atoms with E-state index in [1.165, 1.54) is 0 Å². The Kier molecular flexibility index (Phi) is 3.90. The molecule has 3 aromatic rings. The second-order valence-corrected chi connectivity index (χ2v) is 5.85. The van der Waals surface area contributed by atoms with Gasteiger partial charge >= 0.3 is 0 Å². The lowest BCUT2D eigenvalue weighted by molar-refractivity contribution is 0.622. The first-order valence-electron chi connectivity index (χ1n) is 6.85. The van der Waals surface area contributed by atoms with E-state index < -0.39 is 0 Å². The van der Waals surface area contributed by atoms with E-state index in [-0.39, 0.29) is 5.82 Å². The molecule has 0 unspecified atom stereocenters. The Morgan fingerprint density at radius 3 is 2.73 bits per heavy atom. The predicted molar refractivity (Wildman–Crippen MR) is 92.4 cm³/mol. The van der Waals surface area contributed by atoms with Crippen LogP contribution in [0.5, 0.6) is 0 Å². The summed E-state index contributed by atoms with van der Waals surface area (Å²) in [5.74, 6) is 0.330. The highest BCUT2D eigenvalue weighted by Crippen LogP contribution is 2.34. The summed E-state index contributed by atoms with van der Waals surface area (Å²) in [6.07, 6.45) is 3.67. The third-order valence-corrected chi connectivity index (χ3v) is 4.41. The first kappa shape index (κ1) is 14.7. The van der Waals surface area contributed by atoms with Gasteiger partial charge in [-0.05, 0) is 43.0 Å². The molecule has 2 aromatic carbocycles. The first-order chi connectivity index (χ1) is 10.6. The minimum absolute atomic E-state index is 0.269. The van der Waals surface area contributed by atoms with Crippen molar-refractivity contribution < 1.29 is 4.39 Å². The fourth-order valence-electron chi connectivity index (χ4n) is 2.41. The van der Waals surface area contributed by atoms with Crippen molar-refractivity contribution in [3.05, 3.63) is 54.0 Å². The van der Waals surface area contributed by atoms with Gasteiger partial charge in [-0.2, -0.15) is 0 Å². The molecule has 0 spiro atoms. The van der Waals surface area contributed by atoms with Crippen LogP contribution in [0.1, 0.15) is 5.56 Å². The zero-order valence-electron chi connectivity index (χ0n) is 12.4. The molecule has 1 aromatic heterocycles. The van der Waals surface area contributed by atoms with Crippen LogP contribution in [0, 0.1) is 12.7 Å². The highest BCUT2D eigenvalue weighted by Gasteiger charge is 2.11. The Morgan fingerprint density at radius 2 is 1.95 bits per heavy atom. The minimum Gasteiger partial charge on any atom is -0.397 e. The zero-order chi connectivity index (χ0) is 15.7. The standard InChI is InChI=1S/C17H16FN3S/c1-10-4-3-5-13(15(10)18)21-17-12-6-7-14(22-2)16(19)11(12)8-9-20-17/h3-9H,19H2,1-2H3,(H,20,21). The van der Waals surface area contributed by atoms with E-state index in [2.05, 4.69) is 10.3 Å². The minimum atomic E-state index is -0.269. The van der Waals surface area contributed by atoms with Crippen molar-refractivity contribution in [2.24, 2.45) is 0 Å². The predicted octanol–water partition coefficient (Wildman–Crippen LogP) is 4.73. The summed E-state index contributed by atoms with van der Waals surface area (Å²) >= 11 is 1.60. The number of anilines is 3. The molecule has 0 fully saturated rings. The topological polar surface area (TPSA) is 50.9 Å². The second kappa shape index (κ2) is 5.85. The molecule has 22 heavy (non-hydrogen) atoms. The van der Waals surface area contributed by atoms with E-state index in [1.54, 1.807) is 37.0 Å². The summed E-state index contributed by atoms with van der Waals surface area (Å²) in [5.41, 5.74) is 7.92. The molecule has 0 bridgehead atoms. The van der Waals surface area contributed by atoms with Crippen LogP contribution in [0.2, 0.25) is 0 Å². The van der Waals surface area contributed by atoms with Gasteiger partial charge in [-0.15, -0.1) is 11.8 Å². The SMILES string of the molecule is CSc1ccc2c(Nc3cccc(C)c3F)nccc2c1N. The van der Waals surface area contributed by atoms with Crippen LogP contribution in [-0.2, 0) is 0 Å². The van der Waals surface area contributed by atoms with Crippen LogP contribution >= 0.6 is 11.8 Å². The number of nitrogens with zero attached hydrogens (tertiary/aromatic N) is 1. The van der Waals surface area contributed by atoms with E-state index in [1.807, 2.05) is 30.5 Å². The number of aromatic nitrogens is 1. The largest absolute Gasteiger partial charge is 0.397 e. The van der Waals surface area contributed by atoms with Crippen LogP contribution in [-0.4, -0.2) is 11.2 Å². The molecule has 0 aliphatic carbocycles.